The van der Waals surface area contributed by atoms with Crippen LogP contribution in [-0.4, -0.2) is 11.9 Å². The van der Waals surface area contributed by atoms with Crippen molar-refractivity contribution in [2.45, 2.75) is 26.4 Å². The van der Waals surface area contributed by atoms with Gasteiger partial charge in [0.05, 0.1) is 17.8 Å². The number of hydrogen-bond acceptors (Lipinski definition) is 4. The van der Waals surface area contributed by atoms with Crippen molar-refractivity contribution in [2.75, 3.05) is 10.6 Å². The molecule has 20 heavy (non-hydrogen) atoms. The summed E-state index contributed by atoms with van der Waals surface area (Å²) in [7, 11) is 0. The monoisotopic (exact) mass is 289 g/mol. The Balaban J connectivity index is 2.43. The first-order valence-corrected chi connectivity index (χ1v) is 7.35. The summed E-state index contributed by atoms with van der Waals surface area (Å²) < 4.78 is 0. The predicted molar refractivity (Wildman–Crippen MR) is 85.0 cm³/mol. The molecule has 0 radical (unpaired) electrons. The first-order valence-electron chi connectivity index (χ1n) is 6.47. The third-order valence-electron chi connectivity index (χ3n) is 3.13. The van der Waals surface area contributed by atoms with Crippen LogP contribution in [0.25, 0.3) is 0 Å². The van der Waals surface area contributed by atoms with Gasteiger partial charge in [-0.3, -0.25) is 4.79 Å². The molecule has 0 spiro atoms. The minimum Gasteiger partial charge on any atom is -0.399 e. The van der Waals surface area contributed by atoms with E-state index in [0.29, 0.717) is 11.3 Å². The van der Waals surface area contributed by atoms with Crippen LogP contribution >= 0.6 is 11.3 Å². The van der Waals surface area contributed by atoms with Crippen LogP contribution in [0.15, 0.2) is 35.7 Å². The van der Waals surface area contributed by atoms with Gasteiger partial charge in [0.2, 0.25) is 0 Å². The smallest absolute Gasteiger partial charge is 0.250 e. The average molecular weight is 289 g/mol. The zero-order valence-corrected chi connectivity index (χ0v) is 12.5. The molecule has 5 heteroatoms. The second-order valence-electron chi connectivity index (χ2n) is 4.94. The van der Waals surface area contributed by atoms with E-state index in [1.165, 1.54) is 4.88 Å². The molecule has 0 aliphatic heterocycles. The quantitative estimate of drug-likeness (QED) is 0.831. The van der Waals surface area contributed by atoms with Gasteiger partial charge in [-0.05, 0) is 43.5 Å². The molecule has 0 aliphatic carbocycles. The van der Waals surface area contributed by atoms with Gasteiger partial charge >= 0.3 is 0 Å². The fraction of sp³-hybridized carbons (Fsp3) is 0.267. The summed E-state index contributed by atoms with van der Waals surface area (Å²) >= 11 is 1.69. The van der Waals surface area contributed by atoms with E-state index in [1.807, 2.05) is 17.5 Å². The Morgan fingerprint density at radius 1 is 1.35 bits per heavy atom. The summed E-state index contributed by atoms with van der Waals surface area (Å²) in [4.78, 5) is 15.0. The summed E-state index contributed by atoms with van der Waals surface area (Å²) in [6, 6.07) is 9.54. The third kappa shape index (κ3) is 3.11. The Morgan fingerprint density at radius 2 is 2.10 bits per heavy atom. The van der Waals surface area contributed by atoms with Gasteiger partial charge in [-0.2, -0.15) is 0 Å². The van der Waals surface area contributed by atoms with Crippen LogP contribution in [0, 0.1) is 0 Å². The zero-order valence-electron chi connectivity index (χ0n) is 11.7. The van der Waals surface area contributed by atoms with Gasteiger partial charge in [-0.15, -0.1) is 11.3 Å². The van der Waals surface area contributed by atoms with Crippen LogP contribution < -0.4 is 16.4 Å². The van der Waals surface area contributed by atoms with Gasteiger partial charge in [-0.25, -0.2) is 0 Å². The fourth-order valence-corrected chi connectivity index (χ4v) is 2.81. The number of carbonyl (C=O) groups is 1. The molecule has 0 bridgehead atoms. The molecule has 106 valence electrons. The number of hydrogen-bond donors (Lipinski definition) is 2. The molecule has 0 aliphatic rings. The van der Waals surface area contributed by atoms with E-state index in [1.54, 1.807) is 23.5 Å². The highest BCUT2D eigenvalue weighted by Crippen LogP contribution is 2.28. The van der Waals surface area contributed by atoms with E-state index >= 15 is 0 Å². The number of primary amides is 1. The summed E-state index contributed by atoms with van der Waals surface area (Å²) in [6.45, 7) is 4.90. The first kappa shape index (κ1) is 14.4. The molecule has 2 rings (SSSR count). The Bertz CT molecular complexity index is 593. The van der Waals surface area contributed by atoms with Gasteiger partial charge < -0.3 is 16.4 Å². The van der Waals surface area contributed by atoms with E-state index in [2.05, 4.69) is 24.8 Å². The lowest BCUT2D eigenvalue weighted by molar-refractivity contribution is 0.100. The predicted octanol–water partition coefficient (Wildman–Crippen LogP) is 2.84. The summed E-state index contributed by atoms with van der Waals surface area (Å²) in [5, 5.41) is 2.04. The number of nitrogens with two attached hydrogens (primary N) is 2. The molecular formula is C15H19N3OS. The Morgan fingerprint density at radius 3 is 2.65 bits per heavy atom. The Hall–Kier alpha value is -2.01. The lowest BCUT2D eigenvalue weighted by Gasteiger charge is -2.30. The molecule has 4 nitrogen and oxygen atoms in total. The van der Waals surface area contributed by atoms with Gasteiger partial charge in [0.1, 0.15) is 0 Å². The van der Waals surface area contributed by atoms with E-state index in [-0.39, 0.29) is 6.04 Å². The van der Waals surface area contributed by atoms with Crippen molar-refractivity contribution >= 4 is 28.6 Å². The van der Waals surface area contributed by atoms with E-state index in [9.17, 15) is 4.79 Å². The SMILES string of the molecule is CC(C)N(Cc1cccs1)c1cc(N)ccc1C(N)=O. The molecule has 1 aromatic heterocycles. The van der Waals surface area contributed by atoms with Crippen LogP contribution in [0.5, 0.6) is 0 Å². The van der Waals surface area contributed by atoms with Crippen molar-refractivity contribution in [3.63, 3.8) is 0 Å². The number of benzene rings is 1. The number of rotatable bonds is 5. The summed E-state index contributed by atoms with van der Waals surface area (Å²) in [6.07, 6.45) is 0. The van der Waals surface area contributed by atoms with Crippen molar-refractivity contribution in [3.8, 4) is 0 Å². The van der Waals surface area contributed by atoms with Gasteiger partial charge in [-0.1, -0.05) is 6.07 Å². The summed E-state index contributed by atoms with van der Waals surface area (Å²) in [5.41, 5.74) is 13.3. The second-order valence-corrected chi connectivity index (χ2v) is 5.97. The molecule has 0 unspecified atom stereocenters. The van der Waals surface area contributed by atoms with E-state index < -0.39 is 5.91 Å². The number of amides is 1. The van der Waals surface area contributed by atoms with Crippen molar-refractivity contribution < 1.29 is 4.79 Å². The topological polar surface area (TPSA) is 72.3 Å². The highest BCUT2D eigenvalue weighted by Gasteiger charge is 2.18. The molecule has 4 N–H and O–H groups in total. The van der Waals surface area contributed by atoms with E-state index in [0.717, 1.165) is 12.2 Å². The molecule has 1 amide bonds. The molecule has 1 aromatic carbocycles. The average Bonchev–Trinajstić information content (AvgIpc) is 2.87. The van der Waals surface area contributed by atoms with Crippen LogP contribution in [0.1, 0.15) is 29.1 Å². The number of nitrogen functional groups attached to an aromatic ring is 1. The van der Waals surface area contributed by atoms with Gasteiger partial charge in [0.25, 0.3) is 5.91 Å². The van der Waals surface area contributed by atoms with Gasteiger partial charge in [0.15, 0.2) is 0 Å². The Labute approximate surface area is 123 Å². The largest absolute Gasteiger partial charge is 0.399 e. The lowest BCUT2D eigenvalue weighted by atomic mass is 10.1. The van der Waals surface area contributed by atoms with Crippen LogP contribution in [0.4, 0.5) is 11.4 Å². The minimum absolute atomic E-state index is 0.233. The molecule has 0 atom stereocenters. The Kier molecular flexibility index (Phi) is 4.29. The molecule has 0 fully saturated rings. The lowest BCUT2D eigenvalue weighted by Crippen LogP contribution is -2.32. The molecule has 0 saturated heterocycles. The standard InChI is InChI=1S/C15H19N3OS/c1-10(2)18(9-12-4-3-7-20-12)14-8-11(16)5-6-13(14)15(17)19/h3-8,10H,9,16H2,1-2H3,(H2,17,19). The number of thiophene rings is 1. The van der Waals surface area contributed by atoms with E-state index in [4.69, 9.17) is 11.5 Å². The minimum atomic E-state index is -0.433. The highest BCUT2D eigenvalue weighted by molar-refractivity contribution is 7.09. The highest BCUT2D eigenvalue weighted by atomic mass is 32.1. The fourth-order valence-electron chi connectivity index (χ4n) is 2.11. The number of nitrogens with zero attached hydrogens (tertiary/aromatic N) is 1. The molecule has 1 heterocycles. The zero-order chi connectivity index (χ0) is 14.7. The van der Waals surface area contributed by atoms with Crippen LogP contribution in [0.2, 0.25) is 0 Å². The third-order valence-corrected chi connectivity index (χ3v) is 3.99. The second kappa shape index (κ2) is 5.96. The molecular weight excluding hydrogens is 270 g/mol. The van der Waals surface area contributed by atoms with Crippen molar-refractivity contribution in [2.24, 2.45) is 5.73 Å². The number of carbonyl (C=O) groups excluding carboxylic acids is 1. The summed E-state index contributed by atoms with van der Waals surface area (Å²) in [5.74, 6) is -0.433. The normalized spacial score (nSPS) is 10.8. The van der Waals surface area contributed by atoms with Crippen LogP contribution in [-0.2, 0) is 6.54 Å². The number of anilines is 2. The molecule has 2 aromatic rings. The maximum atomic E-state index is 11.6. The molecule has 0 saturated carbocycles. The maximum Gasteiger partial charge on any atom is 0.250 e. The van der Waals surface area contributed by atoms with Crippen molar-refractivity contribution in [3.05, 3.63) is 46.2 Å². The van der Waals surface area contributed by atoms with Gasteiger partial charge in [0, 0.05) is 16.6 Å². The van der Waals surface area contributed by atoms with Crippen molar-refractivity contribution in [1.82, 2.24) is 0 Å². The van der Waals surface area contributed by atoms with Crippen molar-refractivity contribution in [1.29, 1.82) is 0 Å². The first-order chi connectivity index (χ1) is 9.49. The van der Waals surface area contributed by atoms with Crippen LogP contribution in [0.3, 0.4) is 0 Å². The maximum absolute atomic E-state index is 11.6.